The van der Waals surface area contributed by atoms with Gasteiger partial charge in [0.25, 0.3) is 0 Å². The van der Waals surface area contributed by atoms with E-state index in [1.807, 2.05) is 49.4 Å². The molecule has 3 rings (SSSR count). The zero-order valence-electron chi connectivity index (χ0n) is 20.1. The van der Waals surface area contributed by atoms with Crippen molar-refractivity contribution in [1.29, 1.82) is 0 Å². The zero-order chi connectivity index (χ0) is 25.4. The van der Waals surface area contributed by atoms with Gasteiger partial charge in [-0.1, -0.05) is 68.7 Å². The van der Waals surface area contributed by atoms with Crippen LogP contribution in [0.15, 0.2) is 42.5 Å². The summed E-state index contributed by atoms with van der Waals surface area (Å²) in [6.45, 7) is 6.13. The van der Waals surface area contributed by atoms with E-state index in [1.165, 1.54) is 0 Å². The van der Waals surface area contributed by atoms with Crippen LogP contribution < -0.4 is 9.47 Å². The number of fused-ring (bicyclic) bond motifs is 2. The molecule has 0 amide bonds. The first-order valence-corrected chi connectivity index (χ1v) is 14.3. The van der Waals surface area contributed by atoms with Crippen LogP contribution in [0.1, 0.15) is 57.9 Å². The summed E-state index contributed by atoms with van der Waals surface area (Å²) in [4.78, 5) is 25.3. The van der Waals surface area contributed by atoms with Crippen molar-refractivity contribution in [3.63, 3.8) is 0 Å². The molecule has 35 heavy (non-hydrogen) atoms. The maximum Gasteiger partial charge on any atom is 0.514 e. The largest absolute Gasteiger partial charge is 0.514 e. The number of rotatable bonds is 10. The number of carbonyl (C=O) groups is 2. The van der Waals surface area contributed by atoms with Gasteiger partial charge in [0.15, 0.2) is 8.22 Å². The van der Waals surface area contributed by atoms with E-state index in [0.29, 0.717) is 33.0 Å². The fourth-order valence-corrected chi connectivity index (χ4v) is 5.00. The summed E-state index contributed by atoms with van der Waals surface area (Å²) in [5, 5.41) is 2.57. The molecule has 3 aromatic carbocycles. The van der Waals surface area contributed by atoms with Crippen molar-refractivity contribution < 1.29 is 28.5 Å². The lowest BCUT2D eigenvalue weighted by molar-refractivity contribution is 0.0906. The van der Waals surface area contributed by atoms with E-state index in [4.69, 9.17) is 18.9 Å². The van der Waals surface area contributed by atoms with Gasteiger partial charge in [-0.05, 0) is 83.9 Å². The Kier molecular flexibility index (Phi) is 10.7. The molecule has 0 aromatic heterocycles. The van der Waals surface area contributed by atoms with Gasteiger partial charge in [-0.15, -0.1) is 0 Å². The normalized spacial score (nSPS) is 12.8. The quantitative estimate of drug-likeness (QED) is 0.0690. The molecule has 0 heterocycles. The third-order valence-corrected chi connectivity index (χ3v) is 7.22. The number of hydrogen-bond donors (Lipinski definition) is 0. The first kappa shape index (κ1) is 27.8. The van der Waals surface area contributed by atoms with Crippen LogP contribution in [0.2, 0.25) is 0 Å². The number of alkyl halides is 2. The first-order chi connectivity index (χ1) is 16.8. The molecule has 0 radical (unpaired) electrons. The molecule has 0 N–H and O–H groups in total. The van der Waals surface area contributed by atoms with Gasteiger partial charge < -0.3 is 18.9 Å². The van der Waals surface area contributed by atoms with Gasteiger partial charge in [0, 0.05) is 21.5 Å². The summed E-state index contributed by atoms with van der Waals surface area (Å²) >= 11 is 4.21. The molecule has 3 aromatic rings. The van der Waals surface area contributed by atoms with Crippen LogP contribution in [0, 0.1) is 6.92 Å². The van der Waals surface area contributed by atoms with E-state index < -0.39 is 12.3 Å². The average molecular weight is 704 g/mol. The van der Waals surface area contributed by atoms with E-state index in [-0.39, 0.29) is 8.22 Å². The summed E-state index contributed by atoms with van der Waals surface area (Å²) in [5.41, 5.74) is 0.973. The number of carbonyl (C=O) groups excluding carboxylic acids is 2. The molecular formula is C27H30I2O6. The second-order valence-electron chi connectivity index (χ2n) is 8.30. The Morgan fingerprint density at radius 1 is 0.743 bits per heavy atom. The Balaban J connectivity index is 2.00. The van der Waals surface area contributed by atoms with E-state index in [0.717, 1.165) is 44.1 Å². The van der Waals surface area contributed by atoms with Gasteiger partial charge >= 0.3 is 12.3 Å². The van der Waals surface area contributed by atoms with Crippen molar-refractivity contribution in [3.8, 4) is 11.5 Å². The average Bonchev–Trinajstić information content (AvgIpc) is 2.83. The number of hydrogen-bond acceptors (Lipinski definition) is 6. The predicted molar refractivity (Wildman–Crippen MR) is 155 cm³/mol. The summed E-state index contributed by atoms with van der Waals surface area (Å²) in [6, 6.07) is 13.0. The van der Waals surface area contributed by atoms with Gasteiger partial charge in [0.2, 0.25) is 0 Å². The fourth-order valence-electron chi connectivity index (χ4n) is 3.70. The van der Waals surface area contributed by atoms with Crippen molar-refractivity contribution in [1.82, 2.24) is 0 Å². The van der Waals surface area contributed by atoms with Gasteiger partial charge in [-0.3, -0.25) is 0 Å². The summed E-state index contributed by atoms with van der Waals surface area (Å²) in [5.74, 6) is 0.744. The highest BCUT2D eigenvalue weighted by Gasteiger charge is 2.23. The minimum absolute atomic E-state index is 0.272. The van der Waals surface area contributed by atoms with Crippen LogP contribution in [0.3, 0.4) is 0 Å². The van der Waals surface area contributed by atoms with E-state index in [9.17, 15) is 9.59 Å². The molecule has 0 saturated carbocycles. The topological polar surface area (TPSA) is 71.1 Å². The zero-order valence-corrected chi connectivity index (χ0v) is 24.5. The second-order valence-corrected chi connectivity index (χ2v) is 11.1. The maximum absolute atomic E-state index is 12.7. The molecule has 188 valence electrons. The first-order valence-electron chi connectivity index (χ1n) is 11.8. The fraction of sp³-hybridized carbons (Fsp3) is 0.407. The SMILES string of the molecule is CCCCC(I)OC(=O)Oc1c2ccccc2c(OC(=O)OC(I)CCCC)c2cc(C)ccc12. The Morgan fingerprint density at radius 2 is 1.20 bits per heavy atom. The van der Waals surface area contributed by atoms with Crippen LogP contribution >= 0.6 is 45.2 Å². The third-order valence-electron chi connectivity index (χ3n) is 5.47. The highest BCUT2D eigenvalue weighted by Crippen LogP contribution is 2.43. The second kappa shape index (κ2) is 13.5. The minimum Gasteiger partial charge on any atom is -0.420 e. The molecule has 0 aliphatic rings. The number of benzene rings is 3. The van der Waals surface area contributed by atoms with Crippen LogP contribution in [-0.2, 0) is 9.47 Å². The summed E-state index contributed by atoms with van der Waals surface area (Å²) in [6.07, 6.45) is 3.97. The number of aryl methyl sites for hydroxylation is 1. The van der Waals surface area contributed by atoms with Crippen LogP contribution in [0.25, 0.3) is 21.5 Å². The van der Waals surface area contributed by atoms with Crippen molar-refractivity contribution in [2.45, 2.75) is 67.5 Å². The van der Waals surface area contributed by atoms with Crippen LogP contribution in [0.5, 0.6) is 11.5 Å². The molecule has 0 aliphatic heterocycles. The van der Waals surface area contributed by atoms with E-state index in [2.05, 4.69) is 59.0 Å². The highest BCUT2D eigenvalue weighted by atomic mass is 127. The van der Waals surface area contributed by atoms with Gasteiger partial charge in [-0.25, -0.2) is 9.59 Å². The monoisotopic (exact) mass is 704 g/mol. The smallest absolute Gasteiger partial charge is 0.420 e. The van der Waals surface area contributed by atoms with Crippen LogP contribution in [-0.4, -0.2) is 20.5 Å². The summed E-state index contributed by atoms with van der Waals surface area (Å²) < 4.78 is 21.9. The standard InChI is InChI=1S/C27H30I2O6/c1-4-6-12-22(28)32-26(30)34-24-18-10-8-9-11-19(18)25(21-16-17(3)14-15-20(21)24)35-27(31)33-23(29)13-7-5-2/h8-11,14-16,22-23H,4-7,12-13H2,1-3H3. The Bertz CT molecular complexity index is 1180. The predicted octanol–water partition coefficient (Wildman–Crippen LogP) is 9.23. The molecule has 2 atom stereocenters. The third kappa shape index (κ3) is 7.58. The molecule has 0 bridgehead atoms. The minimum atomic E-state index is -0.760. The lowest BCUT2D eigenvalue weighted by atomic mass is 9.99. The Morgan fingerprint density at radius 3 is 1.69 bits per heavy atom. The van der Waals surface area contributed by atoms with Gasteiger partial charge in [-0.2, -0.15) is 0 Å². The van der Waals surface area contributed by atoms with Crippen molar-refractivity contribution in [2.75, 3.05) is 0 Å². The van der Waals surface area contributed by atoms with Crippen molar-refractivity contribution >= 4 is 79.0 Å². The van der Waals surface area contributed by atoms with Crippen molar-refractivity contribution in [3.05, 3.63) is 48.0 Å². The number of ether oxygens (including phenoxy) is 4. The van der Waals surface area contributed by atoms with Crippen LogP contribution in [0.4, 0.5) is 9.59 Å². The highest BCUT2D eigenvalue weighted by molar-refractivity contribution is 14.1. The molecule has 0 spiro atoms. The molecule has 8 heteroatoms. The van der Waals surface area contributed by atoms with Gasteiger partial charge in [0.1, 0.15) is 11.5 Å². The molecular weight excluding hydrogens is 674 g/mol. The molecule has 0 fully saturated rings. The molecule has 6 nitrogen and oxygen atoms in total. The Hall–Kier alpha value is -1.82. The Labute approximate surface area is 233 Å². The van der Waals surface area contributed by atoms with Crippen molar-refractivity contribution in [2.24, 2.45) is 0 Å². The van der Waals surface area contributed by atoms with E-state index in [1.54, 1.807) is 0 Å². The molecule has 2 unspecified atom stereocenters. The lowest BCUT2D eigenvalue weighted by Crippen LogP contribution is -2.17. The summed E-state index contributed by atoms with van der Waals surface area (Å²) in [7, 11) is 0. The maximum atomic E-state index is 12.7. The lowest BCUT2D eigenvalue weighted by Gasteiger charge is -2.18. The van der Waals surface area contributed by atoms with E-state index >= 15 is 0 Å². The molecule has 0 aliphatic carbocycles. The van der Waals surface area contributed by atoms with Gasteiger partial charge in [0.05, 0.1) is 0 Å². The number of unbranched alkanes of at least 4 members (excludes halogenated alkanes) is 2. The number of halogens is 2. The molecule has 0 saturated heterocycles.